The van der Waals surface area contributed by atoms with Gasteiger partial charge in [-0.1, -0.05) is 103 Å². The van der Waals surface area contributed by atoms with Gasteiger partial charge in [0.25, 0.3) is 0 Å². The Bertz CT molecular complexity index is 618. The Balaban J connectivity index is 0. The summed E-state index contributed by atoms with van der Waals surface area (Å²) in [4.78, 5) is 0. The molecule has 0 saturated heterocycles. The Hall–Kier alpha value is -2.41. The van der Waals surface area contributed by atoms with Gasteiger partial charge in [-0.3, -0.25) is 0 Å². The molecule has 25 heavy (non-hydrogen) atoms. The van der Waals surface area contributed by atoms with Gasteiger partial charge in [0.1, 0.15) is 5.83 Å². The van der Waals surface area contributed by atoms with Crippen molar-refractivity contribution in [3.63, 3.8) is 0 Å². The number of halogens is 1. The van der Waals surface area contributed by atoms with Crippen LogP contribution in [0.15, 0.2) is 109 Å². The molecular formula is C24H33F. The molecule has 0 unspecified atom stereocenters. The van der Waals surface area contributed by atoms with Gasteiger partial charge in [0, 0.05) is 5.57 Å². The average molecular weight is 341 g/mol. The second kappa shape index (κ2) is 14.0. The lowest BCUT2D eigenvalue weighted by Crippen LogP contribution is -1.88. The SMILES string of the molecule is C=C(/C=C\C(=C)C(=C)/C=C(/F)C(=C)C(=C)/C=C\C(=C)CC)CC.CC. The molecule has 0 saturated carbocycles. The van der Waals surface area contributed by atoms with Gasteiger partial charge in [-0.05, 0) is 35.6 Å². The lowest BCUT2D eigenvalue weighted by molar-refractivity contribution is 0.655. The van der Waals surface area contributed by atoms with E-state index in [1.165, 1.54) is 6.08 Å². The first kappa shape index (κ1) is 24.8. The molecule has 0 N–H and O–H groups in total. The summed E-state index contributed by atoms with van der Waals surface area (Å²) in [5, 5.41) is 0. The minimum atomic E-state index is -0.476. The highest BCUT2D eigenvalue weighted by molar-refractivity contribution is 5.52. The van der Waals surface area contributed by atoms with Crippen LogP contribution in [0.5, 0.6) is 0 Å². The summed E-state index contributed by atoms with van der Waals surface area (Å²) in [5.41, 5.74) is 3.76. The van der Waals surface area contributed by atoms with E-state index in [0.29, 0.717) is 16.7 Å². The summed E-state index contributed by atoms with van der Waals surface area (Å²) >= 11 is 0. The smallest absolute Gasteiger partial charge is 0.131 e. The summed E-state index contributed by atoms with van der Waals surface area (Å²) in [6.07, 6.45) is 10.2. The highest BCUT2D eigenvalue weighted by Gasteiger charge is 2.05. The van der Waals surface area contributed by atoms with Crippen molar-refractivity contribution >= 4 is 0 Å². The van der Waals surface area contributed by atoms with Crippen LogP contribution in [-0.2, 0) is 0 Å². The van der Waals surface area contributed by atoms with Crippen LogP contribution in [0.2, 0.25) is 0 Å². The normalized spacial score (nSPS) is 11.0. The summed E-state index contributed by atoms with van der Waals surface area (Å²) in [7, 11) is 0. The first-order valence-electron chi connectivity index (χ1n) is 8.58. The third-order valence-corrected chi connectivity index (χ3v) is 3.34. The first-order chi connectivity index (χ1) is 11.7. The summed E-state index contributed by atoms with van der Waals surface area (Å²) < 4.78 is 14.2. The van der Waals surface area contributed by atoms with Gasteiger partial charge in [0.05, 0.1) is 0 Å². The van der Waals surface area contributed by atoms with E-state index in [9.17, 15) is 4.39 Å². The fourth-order valence-electron chi connectivity index (χ4n) is 1.37. The number of hydrogen-bond acceptors (Lipinski definition) is 0. The van der Waals surface area contributed by atoms with Crippen LogP contribution in [0.1, 0.15) is 40.5 Å². The predicted molar refractivity (Wildman–Crippen MR) is 114 cm³/mol. The molecule has 0 aliphatic heterocycles. The standard InChI is InChI=1S/C22H27F.C2H6/c1-9-16(3)11-13-18(5)20(7)15-22(23)21(8)19(6)14-12-17(4)10-2;1-2/h11-15H,3-10H2,1-2H3;1-2H3/b13-11-,14-12-,22-15+;. The molecule has 0 aromatic rings. The maximum absolute atomic E-state index is 14.2. The van der Waals surface area contributed by atoms with Crippen LogP contribution in [0.3, 0.4) is 0 Å². The van der Waals surface area contributed by atoms with E-state index in [2.05, 4.69) is 39.5 Å². The van der Waals surface area contributed by atoms with Crippen molar-refractivity contribution in [3.05, 3.63) is 109 Å². The van der Waals surface area contributed by atoms with Crippen molar-refractivity contribution in [1.29, 1.82) is 0 Å². The first-order valence-corrected chi connectivity index (χ1v) is 8.58. The molecular weight excluding hydrogens is 307 g/mol. The Labute approximate surface area is 154 Å². The highest BCUT2D eigenvalue weighted by atomic mass is 19.1. The largest absolute Gasteiger partial charge is 0.206 e. The van der Waals surface area contributed by atoms with E-state index in [4.69, 9.17) is 0 Å². The third kappa shape index (κ3) is 10.9. The maximum Gasteiger partial charge on any atom is 0.131 e. The van der Waals surface area contributed by atoms with Crippen molar-refractivity contribution in [2.45, 2.75) is 40.5 Å². The summed E-state index contributed by atoms with van der Waals surface area (Å²) in [5.74, 6) is -0.476. The zero-order valence-corrected chi connectivity index (χ0v) is 16.4. The molecule has 0 bridgehead atoms. The van der Waals surface area contributed by atoms with Crippen molar-refractivity contribution in [1.82, 2.24) is 0 Å². The van der Waals surface area contributed by atoms with Gasteiger partial charge in [-0.2, -0.15) is 0 Å². The summed E-state index contributed by atoms with van der Waals surface area (Å²) in [6, 6.07) is 0. The van der Waals surface area contributed by atoms with E-state index < -0.39 is 5.83 Å². The molecule has 1 heteroatoms. The molecule has 0 radical (unpaired) electrons. The quantitative estimate of drug-likeness (QED) is 0.352. The monoisotopic (exact) mass is 340 g/mol. The predicted octanol–water partition coefficient (Wildman–Crippen LogP) is 8.14. The van der Waals surface area contributed by atoms with Gasteiger partial charge >= 0.3 is 0 Å². The molecule has 0 rings (SSSR count). The van der Waals surface area contributed by atoms with Gasteiger partial charge in [-0.25, -0.2) is 4.39 Å². The summed E-state index contributed by atoms with van der Waals surface area (Å²) in [6.45, 7) is 31.0. The second-order valence-electron chi connectivity index (χ2n) is 5.24. The molecule has 136 valence electrons. The van der Waals surface area contributed by atoms with Crippen LogP contribution < -0.4 is 0 Å². The minimum absolute atomic E-state index is 0.223. The fourth-order valence-corrected chi connectivity index (χ4v) is 1.37. The average Bonchev–Trinajstić information content (AvgIpc) is 2.63. The molecule has 0 aliphatic rings. The third-order valence-electron chi connectivity index (χ3n) is 3.34. The molecule has 0 heterocycles. The lowest BCUT2D eigenvalue weighted by Gasteiger charge is -2.05. The van der Waals surface area contributed by atoms with Crippen LogP contribution in [0.4, 0.5) is 4.39 Å². The Kier molecular flexibility index (Phi) is 13.9. The van der Waals surface area contributed by atoms with Gasteiger partial charge in [0.2, 0.25) is 0 Å². The van der Waals surface area contributed by atoms with Gasteiger partial charge in [0.15, 0.2) is 0 Å². The number of rotatable bonds is 10. The molecule has 0 amide bonds. The topological polar surface area (TPSA) is 0 Å². The van der Waals surface area contributed by atoms with Gasteiger partial charge in [-0.15, -0.1) is 0 Å². The molecule has 0 aliphatic carbocycles. The number of allylic oxidation sites excluding steroid dienone is 12. The van der Waals surface area contributed by atoms with Crippen LogP contribution in [0, 0.1) is 0 Å². The van der Waals surface area contributed by atoms with E-state index in [1.807, 2.05) is 39.8 Å². The fraction of sp³-hybridized carbons (Fsp3) is 0.250. The maximum atomic E-state index is 14.2. The molecule has 0 atom stereocenters. The molecule has 0 nitrogen and oxygen atoms in total. The Morgan fingerprint density at radius 1 is 0.680 bits per heavy atom. The van der Waals surface area contributed by atoms with Crippen molar-refractivity contribution in [2.24, 2.45) is 0 Å². The van der Waals surface area contributed by atoms with Crippen molar-refractivity contribution in [2.75, 3.05) is 0 Å². The molecule has 0 spiro atoms. The van der Waals surface area contributed by atoms with Crippen molar-refractivity contribution < 1.29 is 4.39 Å². The van der Waals surface area contributed by atoms with E-state index in [-0.39, 0.29) is 5.57 Å². The zero-order chi connectivity index (χ0) is 20.0. The second-order valence-corrected chi connectivity index (χ2v) is 5.24. The van der Waals surface area contributed by atoms with E-state index >= 15 is 0 Å². The van der Waals surface area contributed by atoms with Crippen LogP contribution in [-0.4, -0.2) is 0 Å². The molecule has 0 aromatic heterocycles. The van der Waals surface area contributed by atoms with Crippen LogP contribution >= 0.6 is 0 Å². The van der Waals surface area contributed by atoms with Crippen molar-refractivity contribution in [3.8, 4) is 0 Å². The molecule has 0 aromatic carbocycles. The van der Waals surface area contributed by atoms with E-state index in [1.54, 1.807) is 12.2 Å². The Morgan fingerprint density at radius 3 is 1.48 bits per heavy atom. The lowest BCUT2D eigenvalue weighted by atomic mass is 10.0. The number of hydrogen-bond donors (Lipinski definition) is 0. The van der Waals surface area contributed by atoms with Crippen LogP contribution in [0.25, 0.3) is 0 Å². The highest BCUT2D eigenvalue weighted by Crippen LogP contribution is 2.22. The molecule has 0 fully saturated rings. The Morgan fingerprint density at radius 2 is 1.08 bits per heavy atom. The van der Waals surface area contributed by atoms with Gasteiger partial charge < -0.3 is 0 Å². The minimum Gasteiger partial charge on any atom is -0.206 e. The van der Waals surface area contributed by atoms with E-state index in [0.717, 1.165) is 24.0 Å². The zero-order valence-electron chi connectivity index (χ0n) is 16.4.